The number of carboxylic acids is 1. The van der Waals surface area contributed by atoms with Crippen LogP contribution < -0.4 is 5.32 Å². The molecule has 94 valence electrons. The first kappa shape index (κ1) is 12.2. The van der Waals surface area contributed by atoms with Crippen LogP contribution in [0.5, 0.6) is 0 Å². The van der Waals surface area contributed by atoms with Gasteiger partial charge in [-0.3, -0.25) is 5.10 Å². The third-order valence-electron chi connectivity index (χ3n) is 2.72. The second-order valence-electron chi connectivity index (χ2n) is 3.99. The number of hydrogen-bond donors (Lipinski definition) is 3. The lowest BCUT2D eigenvalue weighted by atomic mass is 10.1. The SMILES string of the molecule is CCC(Nc1cccc(-c2ccn[nH]2)c1)C(=O)O. The Morgan fingerprint density at radius 2 is 2.33 bits per heavy atom. The first-order chi connectivity index (χ1) is 8.70. The second kappa shape index (κ2) is 5.35. The van der Waals surface area contributed by atoms with Crippen molar-refractivity contribution in [2.24, 2.45) is 0 Å². The zero-order valence-electron chi connectivity index (χ0n) is 10.1. The number of H-pyrrole nitrogens is 1. The normalized spacial score (nSPS) is 12.1. The van der Waals surface area contributed by atoms with Gasteiger partial charge in [-0.1, -0.05) is 19.1 Å². The van der Waals surface area contributed by atoms with E-state index in [0.29, 0.717) is 6.42 Å². The van der Waals surface area contributed by atoms with Crippen molar-refractivity contribution in [1.82, 2.24) is 10.2 Å². The van der Waals surface area contributed by atoms with Gasteiger partial charge in [-0.25, -0.2) is 4.79 Å². The number of hydrogen-bond acceptors (Lipinski definition) is 3. The summed E-state index contributed by atoms with van der Waals surface area (Å²) in [6, 6.07) is 8.88. The number of nitrogens with one attached hydrogen (secondary N) is 2. The van der Waals surface area contributed by atoms with E-state index in [-0.39, 0.29) is 0 Å². The van der Waals surface area contributed by atoms with Crippen LogP contribution >= 0.6 is 0 Å². The number of aromatic amines is 1. The minimum absolute atomic E-state index is 0.531. The van der Waals surface area contributed by atoms with Gasteiger partial charge in [-0.05, 0) is 24.6 Å². The maximum Gasteiger partial charge on any atom is 0.326 e. The smallest absolute Gasteiger partial charge is 0.326 e. The van der Waals surface area contributed by atoms with E-state index >= 15 is 0 Å². The Bertz CT molecular complexity index is 523. The molecule has 0 bridgehead atoms. The van der Waals surface area contributed by atoms with Crippen molar-refractivity contribution in [2.75, 3.05) is 5.32 Å². The van der Waals surface area contributed by atoms with Gasteiger partial charge in [0.25, 0.3) is 0 Å². The van der Waals surface area contributed by atoms with Crippen LogP contribution in [-0.4, -0.2) is 27.3 Å². The Morgan fingerprint density at radius 1 is 1.50 bits per heavy atom. The third-order valence-corrected chi connectivity index (χ3v) is 2.72. The molecule has 0 aliphatic carbocycles. The predicted octanol–water partition coefficient (Wildman–Crippen LogP) is 2.35. The third kappa shape index (κ3) is 2.68. The van der Waals surface area contributed by atoms with Crippen molar-refractivity contribution in [3.05, 3.63) is 36.5 Å². The molecule has 1 unspecified atom stereocenters. The Balaban J connectivity index is 2.20. The van der Waals surface area contributed by atoms with E-state index < -0.39 is 12.0 Å². The van der Waals surface area contributed by atoms with E-state index in [0.717, 1.165) is 16.9 Å². The van der Waals surface area contributed by atoms with Gasteiger partial charge >= 0.3 is 5.97 Å². The maximum absolute atomic E-state index is 11.0. The number of aromatic nitrogens is 2. The molecule has 3 N–H and O–H groups in total. The molecule has 1 atom stereocenters. The van der Waals surface area contributed by atoms with Crippen LogP contribution in [0.1, 0.15) is 13.3 Å². The van der Waals surface area contributed by atoms with Crippen LogP contribution in [0, 0.1) is 0 Å². The number of benzene rings is 1. The highest BCUT2D eigenvalue weighted by Crippen LogP contribution is 2.21. The van der Waals surface area contributed by atoms with Crippen molar-refractivity contribution in [3.63, 3.8) is 0 Å². The molecule has 2 aromatic rings. The fraction of sp³-hybridized carbons (Fsp3) is 0.231. The zero-order valence-corrected chi connectivity index (χ0v) is 10.1. The summed E-state index contributed by atoms with van der Waals surface area (Å²) < 4.78 is 0. The molecular weight excluding hydrogens is 230 g/mol. The molecule has 0 spiro atoms. The van der Waals surface area contributed by atoms with E-state index in [1.807, 2.05) is 37.3 Å². The molecule has 1 aromatic heterocycles. The lowest BCUT2D eigenvalue weighted by Crippen LogP contribution is -2.28. The average Bonchev–Trinajstić information content (AvgIpc) is 2.90. The molecule has 0 radical (unpaired) electrons. The van der Waals surface area contributed by atoms with E-state index in [1.165, 1.54) is 0 Å². The van der Waals surface area contributed by atoms with E-state index in [4.69, 9.17) is 5.11 Å². The van der Waals surface area contributed by atoms with Gasteiger partial charge in [-0.2, -0.15) is 5.10 Å². The fourth-order valence-electron chi connectivity index (χ4n) is 1.73. The second-order valence-corrected chi connectivity index (χ2v) is 3.99. The molecule has 0 saturated heterocycles. The van der Waals surface area contributed by atoms with E-state index in [1.54, 1.807) is 6.20 Å². The summed E-state index contributed by atoms with van der Waals surface area (Å²) in [6.45, 7) is 1.84. The molecule has 0 fully saturated rings. The lowest BCUT2D eigenvalue weighted by molar-refractivity contribution is -0.137. The summed E-state index contributed by atoms with van der Waals surface area (Å²) in [6.07, 6.45) is 2.21. The number of anilines is 1. The summed E-state index contributed by atoms with van der Waals surface area (Å²) in [5, 5.41) is 18.8. The highest BCUT2D eigenvalue weighted by Gasteiger charge is 2.14. The molecule has 0 aliphatic rings. The minimum Gasteiger partial charge on any atom is -0.480 e. The van der Waals surface area contributed by atoms with Crippen molar-refractivity contribution in [1.29, 1.82) is 0 Å². The first-order valence-electron chi connectivity index (χ1n) is 5.80. The zero-order chi connectivity index (χ0) is 13.0. The summed E-state index contributed by atoms with van der Waals surface area (Å²) in [5.74, 6) is -0.843. The summed E-state index contributed by atoms with van der Waals surface area (Å²) in [5.41, 5.74) is 2.66. The van der Waals surface area contributed by atoms with Crippen molar-refractivity contribution in [2.45, 2.75) is 19.4 Å². The lowest BCUT2D eigenvalue weighted by Gasteiger charge is -2.14. The molecule has 1 aromatic carbocycles. The molecule has 18 heavy (non-hydrogen) atoms. The van der Waals surface area contributed by atoms with E-state index in [9.17, 15) is 4.79 Å². The molecule has 5 nitrogen and oxygen atoms in total. The van der Waals surface area contributed by atoms with E-state index in [2.05, 4.69) is 15.5 Å². The van der Waals surface area contributed by atoms with Gasteiger partial charge in [0.2, 0.25) is 0 Å². The monoisotopic (exact) mass is 245 g/mol. The van der Waals surface area contributed by atoms with Gasteiger partial charge in [0, 0.05) is 17.4 Å². The molecule has 0 amide bonds. The van der Waals surface area contributed by atoms with Gasteiger partial charge in [0.05, 0.1) is 5.69 Å². The van der Waals surface area contributed by atoms with Crippen LogP contribution in [0.15, 0.2) is 36.5 Å². The highest BCUT2D eigenvalue weighted by atomic mass is 16.4. The molecule has 2 rings (SSSR count). The standard InChI is InChI=1S/C13H15N3O2/c1-2-11(13(17)18)15-10-5-3-4-9(8-10)12-6-7-14-16-12/h3-8,11,15H,2H2,1H3,(H,14,16)(H,17,18). The van der Waals surface area contributed by atoms with Crippen LogP contribution in [-0.2, 0) is 4.79 Å². The quantitative estimate of drug-likeness (QED) is 0.755. The van der Waals surface area contributed by atoms with Gasteiger partial charge < -0.3 is 10.4 Å². The molecular formula is C13H15N3O2. The highest BCUT2D eigenvalue weighted by molar-refractivity contribution is 5.78. The summed E-state index contributed by atoms with van der Waals surface area (Å²) in [7, 11) is 0. The van der Waals surface area contributed by atoms with Gasteiger partial charge in [0.1, 0.15) is 6.04 Å². The molecule has 0 aliphatic heterocycles. The van der Waals surface area contributed by atoms with Crippen LogP contribution in [0.2, 0.25) is 0 Å². The largest absolute Gasteiger partial charge is 0.480 e. The van der Waals surface area contributed by atoms with Crippen LogP contribution in [0.25, 0.3) is 11.3 Å². The molecule has 1 heterocycles. The number of carboxylic acid groups (broad SMARTS) is 1. The number of rotatable bonds is 5. The van der Waals surface area contributed by atoms with Crippen molar-refractivity contribution >= 4 is 11.7 Å². The van der Waals surface area contributed by atoms with Crippen molar-refractivity contribution in [3.8, 4) is 11.3 Å². The Labute approximate surface area is 105 Å². The molecule has 5 heteroatoms. The summed E-state index contributed by atoms with van der Waals surface area (Å²) in [4.78, 5) is 11.0. The Morgan fingerprint density at radius 3 is 2.94 bits per heavy atom. The van der Waals surface area contributed by atoms with Gasteiger partial charge in [0.15, 0.2) is 0 Å². The van der Waals surface area contributed by atoms with Crippen LogP contribution in [0.4, 0.5) is 5.69 Å². The molecule has 0 saturated carbocycles. The average molecular weight is 245 g/mol. The Hall–Kier alpha value is -2.30. The predicted molar refractivity (Wildman–Crippen MR) is 69.4 cm³/mol. The summed E-state index contributed by atoms with van der Waals surface area (Å²) >= 11 is 0. The fourth-order valence-corrected chi connectivity index (χ4v) is 1.73. The Kier molecular flexibility index (Phi) is 3.62. The van der Waals surface area contributed by atoms with Crippen LogP contribution in [0.3, 0.4) is 0 Å². The first-order valence-corrected chi connectivity index (χ1v) is 5.80. The number of nitrogens with zero attached hydrogens (tertiary/aromatic N) is 1. The minimum atomic E-state index is -0.843. The number of carbonyl (C=O) groups is 1. The maximum atomic E-state index is 11.0. The van der Waals surface area contributed by atoms with Gasteiger partial charge in [-0.15, -0.1) is 0 Å². The van der Waals surface area contributed by atoms with Crippen molar-refractivity contribution < 1.29 is 9.90 Å². The topological polar surface area (TPSA) is 78.0 Å². The number of aliphatic carboxylic acids is 1.